The Morgan fingerprint density at radius 2 is 0.938 bits per heavy atom. The van der Waals surface area contributed by atoms with Crippen molar-refractivity contribution >= 4 is 0 Å². The average molecular weight is 461 g/mol. The largest absolute Gasteiger partial charge is 0.379 e. The number of ether oxygens (including phenoxy) is 6. The first-order valence-corrected chi connectivity index (χ1v) is 13.4. The molecule has 0 radical (unpaired) electrons. The predicted molar refractivity (Wildman–Crippen MR) is 129 cm³/mol. The van der Waals surface area contributed by atoms with Crippen LogP contribution in [0.5, 0.6) is 0 Å². The Morgan fingerprint density at radius 1 is 0.500 bits per heavy atom. The second-order valence-corrected chi connectivity index (χ2v) is 8.76. The van der Waals surface area contributed by atoms with Crippen LogP contribution in [-0.4, -0.2) is 70.3 Å². The normalized spacial score (nSPS) is 26.0. The number of unbranched alkanes of at least 4 members (excludes halogenated alkanes) is 5. The van der Waals surface area contributed by atoms with Crippen LogP contribution in [0.3, 0.4) is 0 Å². The van der Waals surface area contributed by atoms with Gasteiger partial charge in [0.25, 0.3) is 0 Å². The lowest BCUT2D eigenvalue weighted by Crippen LogP contribution is -2.62. The molecule has 6 heteroatoms. The van der Waals surface area contributed by atoms with Crippen LogP contribution in [-0.2, 0) is 28.4 Å². The highest BCUT2D eigenvalue weighted by molar-refractivity contribution is 4.93. The lowest BCUT2D eigenvalue weighted by Gasteiger charge is -2.46. The molecule has 0 bridgehead atoms. The van der Waals surface area contributed by atoms with E-state index in [2.05, 4.69) is 34.6 Å². The third-order valence-electron chi connectivity index (χ3n) is 5.72. The van der Waals surface area contributed by atoms with Gasteiger partial charge in [-0.2, -0.15) is 0 Å². The van der Waals surface area contributed by atoms with Gasteiger partial charge < -0.3 is 28.4 Å². The lowest BCUT2D eigenvalue weighted by molar-refractivity contribution is -0.323. The first-order valence-electron chi connectivity index (χ1n) is 13.4. The van der Waals surface area contributed by atoms with Gasteiger partial charge in [0.2, 0.25) is 0 Å². The van der Waals surface area contributed by atoms with Crippen LogP contribution in [0, 0.1) is 0 Å². The van der Waals surface area contributed by atoms with E-state index >= 15 is 0 Å². The molecule has 0 aromatic heterocycles. The lowest BCUT2D eigenvalue weighted by atomic mass is 9.98. The molecule has 1 rings (SSSR count). The molecule has 0 aromatic carbocycles. The SMILES string of the molecule is CCCCOC[C@H]1O[C@H](OCCCC)[C@H](OCCCC)C(OCCCC)[C@@H]1OCCCC. The third kappa shape index (κ3) is 11.8. The maximum absolute atomic E-state index is 6.46. The van der Waals surface area contributed by atoms with E-state index in [1.807, 2.05) is 0 Å². The fourth-order valence-electron chi connectivity index (χ4n) is 3.59. The summed E-state index contributed by atoms with van der Waals surface area (Å²) in [6, 6.07) is 0. The minimum atomic E-state index is -0.462. The molecule has 1 fully saturated rings. The molecule has 1 aliphatic heterocycles. The van der Waals surface area contributed by atoms with Crippen molar-refractivity contribution in [2.75, 3.05) is 39.6 Å². The maximum atomic E-state index is 6.46. The maximum Gasteiger partial charge on any atom is 0.186 e. The quantitative estimate of drug-likeness (QED) is 0.199. The van der Waals surface area contributed by atoms with Gasteiger partial charge in [-0.3, -0.25) is 0 Å². The summed E-state index contributed by atoms with van der Waals surface area (Å²) in [7, 11) is 0. The zero-order chi connectivity index (χ0) is 23.4. The molecular weight excluding hydrogens is 408 g/mol. The van der Waals surface area contributed by atoms with Crippen molar-refractivity contribution in [1.82, 2.24) is 0 Å². The van der Waals surface area contributed by atoms with Gasteiger partial charge in [0.1, 0.15) is 24.4 Å². The van der Waals surface area contributed by atoms with Gasteiger partial charge in [-0.15, -0.1) is 0 Å². The minimum absolute atomic E-state index is 0.224. The first-order chi connectivity index (χ1) is 15.7. The summed E-state index contributed by atoms with van der Waals surface area (Å²) < 4.78 is 37.8. The molecule has 0 aromatic rings. The Labute approximate surface area is 198 Å². The first kappa shape index (κ1) is 29.8. The van der Waals surface area contributed by atoms with Crippen LogP contribution in [0.4, 0.5) is 0 Å². The summed E-state index contributed by atoms with van der Waals surface area (Å²) in [4.78, 5) is 0. The summed E-state index contributed by atoms with van der Waals surface area (Å²) in [6.45, 7) is 14.8. The van der Waals surface area contributed by atoms with Gasteiger partial charge in [-0.05, 0) is 32.1 Å². The molecule has 0 amide bonds. The number of hydrogen-bond donors (Lipinski definition) is 0. The van der Waals surface area contributed by atoms with Gasteiger partial charge in [-0.1, -0.05) is 66.7 Å². The highest BCUT2D eigenvalue weighted by atomic mass is 16.7. The predicted octanol–water partition coefficient (Wildman–Crippen LogP) is 5.90. The highest BCUT2D eigenvalue weighted by Crippen LogP contribution is 2.30. The van der Waals surface area contributed by atoms with Crippen molar-refractivity contribution in [1.29, 1.82) is 0 Å². The Bertz CT molecular complexity index is 408. The van der Waals surface area contributed by atoms with Gasteiger partial charge >= 0.3 is 0 Å². The smallest absolute Gasteiger partial charge is 0.186 e. The fourth-order valence-corrected chi connectivity index (χ4v) is 3.59. The second-order valence-electron chi connectivity index (χ2n) is 8.76. The van der Waals surface area contributed by atoms with Gasteiger partial charge in [0.15, 0.2) is 6.29 Å². The average Bonchev–Trinajstić information content (AvgIpc) is 2.80. The summed E-state index contributed by atoms with van der Waals surface area (Å²) in [6.07, 6.45) is 9.09. The zero-order valence-corrected chi connectivity index (χ0v) is 21.6. The van der Waals surface area contributed by atoms with Crippen LogP contribution in [0.1, 0.15) is 98.8 Å². The molecule has 0 aliphatic carbocycles. The molecule has 5 atom stereocenters. The second kappa shape index (κ2) is 20.2. The minimum Gasteiger partial charge on any atom is -0.379 e. The van der Waals surface area contributed by atoms with E-state index < -0.39 is 6.29 Å². The summed E-state index contributed by atoms with van der Waals surface area (Å²) in [5, 5.41) is 0. The molecule has 1 unspecified atom stereocenters. The van der Waals surface area contributed by atoms with E-state index in [0.717, 1.165) is 70.8 Å². The van der Waals surface area contributed by atoms with Gasteiger partial charge in [-0.25, -0.2) is 0 Å². The zero-order valence-electron chi connectivity index (χ0n) is 21.6. The summed E-state index contributed by atoms with van der Waals surface area (Å²) in [5.41, 5.74) is 0. The van der Waals surface area contributed by atoms with E-state index in [1.54, 1.807) is 0 Å². The fraction of sp³-hybridized carbons (Fsp3) is 1.00. The van der Waals surface area contributed by atoms with Crippen LogP contribution in [0.25, 0.3) is 0 Å². The van der Waals surface area contributed by atoms with Crippen molar-refractivity contribution < 1.29 is 28.4 Å². The van der Waals surface area contributed by atoms with Crippen molar-refractivity contribution in [3.8, 4) is 0 Å². The van der Waals surface area contributed by atoms with Crippen LogP contribution in [0.15, 0.2) is 0 Å². The third-order valence-corrected chi connectivity index (χ3v) is 5.72. The molecule has 192 valence electrons. The van der Waals surface area contributed by atoms with E-state index in [-0.39, 0.29) is 24.4 Å². The van der Waals surface area contributed by atoms with Crippen LogP contribution < -0.4 is 0 Å². The monoisotopic (exact) mass is 460 g/mol. The molecule has 0 saturated carbocycles. The Morgan fingerprint density at radius 3 is 1.47 bits per heavy atom. The molecule has 1 saturated heterocycles. The van der Waals surface area contributed by atoms with E-state index in [1.165, 1.54) is 0 Å². The van der Waals surface area contributed by atoms with Gasteiger partial charge in [0.05, 0.1) is 6.61 Å². The standard InChI is InChI=1S/C26H52O6/c1-6-11-16-27-21-22-23(28-17-12-7-2)24(29-18-13-8-3)25(30-19-14-9-4)26(32-22)31-20-15-10-5/h22-26H,6-21H2,1-5H3/t22-,23-,24?,25-,26+/m1/s1. The van der Waals surface area contributed by atoms with E-state index in [4.69, 9.17) is 28.4 Å². The van der Waals surface area contributed by atoms with Crippen LogP contribution in [0.2, 0.25) is 0 Å². The van der Waals surface area contributed by atoms with Crippen molar-refractivity contribution in [2.45, 2.75) is 130 Å². The highest BCUT2D eigenvalue weighted by Gasteiger charge is 2.48. The summed E-state index contributed by atoms with van der Waals surface area (Å²) in [5.74, 6) is 0. The molecular formula is C26H52O6. The van der Waals surface area contributed by atoms with Crippen molar-refractivity contribution in [2.24, 2.45) is 0 Å². The Hall–Kier alpha value is -0.240. The molecule has 0 N–H and O–H groups in total. The Balaban J connectivity index is 3.03. The van der Waals surface area contributed by atoms with Crippen molar-refractivity contribution in [3.05, 3.63) is 0 Å². The molecule has 1 aliphatic rings. The van der Waals surface area contributed by atoms with E-state index in [9.17, 15) is 0 Å². The number of rotatable bonds is 21. The summed E-state index contributed by atoms with van der Waals surface area (Å²) >= 11 is 0. The molecule has 0 spiro atoms. The molecule has 1 heterocycles. The topological polar surface area (TPSA) is 55.4 Å². The Kier molecular flexibility index (Phi) is 18.8. The van der Waals surface area contributed by atoms with Crippen LogP contribution >= 0.6 is 0 Å². The van der Waals surface area contributed by atoms with E-state index in [0.29, 0.717) is 33.0 Å². The molecule has 32 heavy (non-hydrogen) atoms. The molecule has 6 nitrogen and oxygen atoms in total. The van der Waals surface area contributed by atoms with Crippen molar-refractivity contribution in [3.63, 3.8) is 0 Å². The number of hydrogen-bond acceptors (Lipinski definition) is 6. The van der Waals surface area contributed by atoms with Gasteiger partial charge in [0, 0.05) is 33.0 Å².